The minimum Gasteiger partial charge on any atom is -0.388 e. The average molecular weight is 654 g/mol. The van der Waals surface area contributed by atoms with Gasteiger partial charge in [0.1, 0.15) is 36.6 Å². The fourth-order valence-corrected chi connectivity index (χ4v) is 4.42. The van der Waals surface area contributed by atoms with Crippen molar-refractivity contribution in [1.82, 2.24) is 26.2 Å². The van der Waals surface area contributed by atoms with Crippen molar-refractivity contribution >= 4 is 23.6 Å². The second kappa shape index (κ2) is 19.2. The van der Waals surface area contributed by atoms with Gasteiger partial charge >= 0.3 is 0 Å². The molecule has 0 unspecified atom stereocenters. The Morgan fingerprint density at radius 1 is 0.600 bits per heavy atom. The summed E-state index contributed by atoms with van der Waals surface area (Å²) in [6, 6.07) is 0. The normalized spacial score (nSPS) is 31.7. The maximum absolute atomic E-state index is 12.6. The summed E-state index contributed by atoms with van der Waals surface area (Å²) in [5.74, 6) is -2.21. The highest BCUT2D eigenvalue weighted by Crippen LogP contribution is 2.22. The van der Waals surface area contributed by atoms with E-state index in [1.807, 2.05) is 0 Å². The molecule has 0 radical (unpaired) electrons. The van der Waals surface area contributed by atoms with Gasteiger partial charge in [0.05, 0.1) is 51.6 Å². The molecule has 0 aliphatic carbocycles. The lowest BCUT2D eigenvalue weighted by Gasteiger charge is -2.38. The molecule has 2 saturated heterocycles. The van der Waals surface area contributed by atoms with E-state index in [4.69, 9.17) is 18.9 Å². The van der Waals surface area contributed by atoms with Crippen molar-refractivity contribution in [2.24, 2.45) is 0 Å². The van der Waals surface area contributed by atoms with Crippen LogP contribution in [0.25, 0.3) is 0 Å². The quantitative estimate of drug-likeness (QED) is 0.0654. The molecule has 10 N–H and O–H groups in total. The van der Waals surface area contributed by atoms with Crippen LogP contribution in [0.15, 0.2) is 0 Å². The smallest absolute Gasteiger partial charge is 0.239 e. The Balaban J connectivity index is 1.83. The van der Waals surface area contributed by atoms with Crippen LogP contribution in [0, 0.1) is 0 Å². The molecule has 0 aromatic heterocycles. The SMILES string of the molecule is CCNC(=O)CNC(=O)CN(CC(=O)NCCO[C@@H]1O[C@@H](C)[C@@H](O)[C@@H](O)[C@@H]1O)CC(=O)NCCO[C@@H]1O[C@@H](C)[C@@H](O)[C@@H](O)[C@@H]1O. The first-order valence-electron chi connectivity index (χ1n) is 14.7. The van der Waals surface area contributed by atoms with E-state index in [-0.39, 0.29) is 32.8 Å². The predicted molar refractivity (Wildman–Crippen MR) is 151 cm³/mol. The van der Waals surface area contributed by atoms with Gasteiger partial charge in [0.15, 0.2) is 12.6 Å². The number of aliphatic hydroxyl groups is 6. The van der Waals surface area contributed by atoms with Gasteiger partial charge in [0.25, 0.3) is 0 Å². The first kappa shape index (κ1) is 38.6. The van der Waals surface area contributed by atoms with E-state index in [1.54, 1.807) is 6.92 Å². The van der Waals surface area contributed by atoms with Crippen molar-refractivity contribution in [2.45, 2.75) is 82.2 Å². The van der Waals surface area contributed by atoms with Gasteiger partial charge in [-0.3, -0.25) is 24.1 Å². The molecular weight excluding hydrogens is 606 g/mol. The van der Waals surface area contributed by atoms with E-state index < -0.39 is 105 Å². The van der Waals surface area contributed by atoms with Crippen molar-refractivity contribution in [1.29, 1.82) is 0 Å². The van der Waals surface area contributed by atoms with Crippen molar-refractivity contribution in [3.05, 3.63) is 0 Å². The Labute approximate surface area is 260 Å². The molecule has 19 heteroatoms. The fourth-order valence-electron chi connectivity index (χ4n) is 4.42. The molecule has 2 aliphatic heterocycles. The van der Waals surface area contributed by atoms with Crippen LogP contribution in [0.1, 0.15) is 20.8 Å². The topological polar surface area (TPSA) is 278 Å². The first-order valence-corrected chi connectivity index (χ1v) is 14.7. The van der Waals surface area contributed by atoms with Gasteiger partial charge in [-0.15, -0.1) is 0 Å². The highest BCUT2D eigenvalue weighted by molar-refractivity contribution is 5.87. The summed E-state index contributed by atoms with van der Waals surface area (Å²) in [6.07, 6.45) is -12.6. The van der Waals surface area contributed by atoms with E-state index in [2.05, 4.69) is 21.3 Å². The minimum absolute atomic E-state index is 0.0569. The maximum Gasteiger partial charge on any atom is 0.239 e. The summed E-state index contributed by atoms with van der Waals surface area (Å²) in [6.45, 7) is 3.19. The lowest BCUT2D eigenvalue weighted by Crippen LogP contribution is -2.57. The third kappa shape index (κ3) is 12.6. The molecule has 4 amide bonds. The number of likely N-dealkylation sites (N-methyl/N-ethyl adjacent to an activating group) is 1. The van der Waals surface area contributed by atoms with Crippen LogP contribution in [-0.4, -0.2) is 180 Å². The highest BCUT2D eigenvalue weighted by atomic mass is 16.7. The Kier molecular flexibility index (Phi) is 16.5. The van der Waals surface area contributed by atoms with Gasteiger partial charge in [0.2, 0.25) is 23.6 Å². The summed E-state index contributed by atoms with van der Waals surface area (Å²) in [5, 5.41) is 69.3. The molecule has 0 spiro atoms. The van der Waals surface area contributed by atoms with Crippen molar-refractivity contribution < 1.29 is 68.8 Å². The highest BCUT2D eigenvalue weighted by Gasteiger charge is 2.43. The molecule has 10 atom stereocenters. The van der Waals surface area contributed by atoms with Crippen LogP contribution in [-0.2, 0) is 38.1 Å². The van der Waals surface area contributed by atoms with Crippen LogP contribution in [0.2, 0.25) is 0 Å². The second-order valence-electron chi connectivity index (χ2n) is 10.7. The van der Waals surface area contributed by atoms with Crippen molar-refractivity contribution in [3.8, 4) is 0 Å². The average Bonchev–Trinajstić information content (AvgIpc) is 2.99. The third-order valence-electron chi connectivity index (χ3n) is 6.95. The third-order valence-corrected chi connectivity index (χ3v) is 6.95. The maximum atomic E-state index is 12.6. The number of aliphatic hydroxyl groups excluding tert-OH is 6. The van der Waals surface area contributed by atoms with E-state index >= 15 is 0 Å². The van der Waals surface area contributed by atoms with Crippen LogP contribution in [0.5, 0.6) is 0 Å². The van der Waals surface area contributed by atoms with Crippen LogP contribution in [0.4, 0.5) is 0 Å². The lowest BCUT2D eigenvalue weighted by atomic mass is 10.0. The van der Waals surface area contributed by atoms with E-state index in [0.717, 1.165) is 0 Å². The van der Waals surface area contributed by atoms with Crippen molar-refractivity contribution in [2.75, 3.05) is 59.0 Å². The molecule has 0 aromatic rings. The molecule has 45 heavy (non-hydrogen) atoms. The molecule has 260 valence electrons. The fraction of sp³-hybridized carbons (Fsp3) is 0.846. The molecule has 2 aliphatic rings. The van der Waals surface area contributed by atoms with Crippen LogP contribution in [0.3, 0.4) is 0 Å². The molecule has 0 bridgehead atoms. The summed E-state index contributed by atoms with van der Waals surface area (Å²) in [4.78, 5) is 50.5. The zero-order valence-corrected chi connectivity index (χ0v) is 25.5. The van der Waals surface area contributed by atoms with E-state index in [9.17, 15) is 49.8 Å². The molecule has 2 heterocycles. The van der Waals surface area contributed by atoms with Gasteiger partial charge in [-0.05, 0) is 20.8 Å². The van der Waals surface area contributed by atoms with Gasteiger partial charge < -0.3 is 70.9 Å². The Hall–Kier alpha value is -2.56. The Morgan fingerprint density at radius 2 is 1.00 bits per heavy atom. The number of carbonyl (C=O) groups excluding carboxylic acids is 4. The van der Waals surface area contributed by atoms with Gasteiger partial charge in [-0.25, -0.2) is 0 Å². The number of nitrogens with one attached hydrogen (secondary N) is 4. The van der Waals surface area contributed by atoms with E-state index in [0.29, 0.717) is 6.54 Å². The summed E-state index contributed by atoms with van der Waals surface area (Å²) in [7, 11) is 0. The number of hydrogen-bond acceptors (Lipinski definition) is 15. The monoisotopic (exact) mass is 653 g/mol. The molecule has 0 saturated carbocycles. The summed E-state index contributed by atoms with van der Waals surface area (Å²) >= 11 is 0. The summed E-state index contributed by atoms with van der Waals surface area (Å²) in [5.41, 5.74) is 0. The predicted octanol–water partition coefficient (Wildman–Crippen LogP) is -6.54. The number of ether oxygens (including phenoxy) is 4. The molecular formula is C26H47N5O14. The standard InChI is InChI=1S/C26H47N5O14/c1-4-27-15(32)9-30-18(35)12-31(10-16(33)28-5-7-42-25-23(40)21(38)19(36)13(2)44-25)11-17(34)29-6-8-43-26-24(41)22(39)20(37)14(3)45-26/h13-14,19-26,36-41H,4-12H2,1-3H3,(H,27,32)(H,28,33)(H,29,34)(H,30,35)/t13-,14-,19+,20+,21+,22+,23-,24-,25+,26+/m0/s1. The Bertz CT molecular complexity index is 907. The molecule has 19 nitrogen and oxygen atoms in total. The van der Waals surface area contributed by atoms with E-state index in [1.165, 1.54) is 18.7 Å². The first-order chi connectivity index (χ1) is 21.2. The largest absolute Gasteiger partial charge is 0.388 e. The molecule has 2 rings (SSSR count). The lowest BCUT2D eigenvalue weighted by molar-refractivity contribution is -0.292. The number of amides is 4. The van der Waals surface area contributed by atoms with Gasteiger partial charge in [-0.1, -0.05) is 0 Å². The molecule has 0 aromatic carbocycles. The number of nitrogens with zero attached hydrogens (tertiary/aromatic N) is 1. The zero-order chi connectivity index (χ0) is 33.7. The number of hydrogen-bond donors (Lipinski definition) is 10. The zero-order valence-electron chi connectivity index (χ0n) is 25.5. The van der Waals surface area contributed by atoms with Gasteiger partial charge in [-0.2, -0.15) is 0 Å². The van der Waals surface area contributed by atoms with Gasteiger partial charge in [0, 0.05) is 19.6 Å². The summed E-state index contributed by atoms with van der Waals surface area (Å²) < 4.78 is 21.4. The number of rotatable bonds is 17. The Morgan fingerprint density at radius 3 is 1.40 bits per heavy atom. The van der Waals surface area contributed by atoms with Crippen molar-refractivity contribution in [3.63, 3.8) is 0 Å². The minimum atomic E-state index is -1.51. The molecule has 2 fully saturated rings. The number of carbonyl (C=O) groups is 4. The van der Waals surface area contributed by atoms with Crippen LogP contribution >= 0.6 is 0 Å². The van der Waals surface area contributed by atoms with Crippen LogP contribution < -0.4 is 21.3 Å². The second-order valence-corrected chi connectivity index (χ2v) is 10.7.